The number of hydrogen-bond donors (Lipinski definition) is 1. The van der Waals surface area contributed by atoms with Gasteiger partial charge in [0.15, 0.2) is 0 Å². The van der Waals surface area contributed by atoms with Crippen LogP contribution in [0.3, 0.4) is 0 Å². The fraction of sp³-hybridized carbons (Fsp3) is 1.00. The van der Waals surface area contributed by atoms with Crippen LogP contribution in [0.5, 0.6) is 0 Å². The van der Waals surface area contributed by atoms with E-state index in [9.17, 15) is 0 Å². The van der Waals surface area contributed by atoms with Crippen molar-refractivity contribution in [1.82, 2.24) is 10.9 Å². The van der Waals surface area contributed by atoms with Crippen LogP contribution in [0, 0.1) is 0 Å². The first-order valence-corrected chi connectivity index (χ1v) is 2.86. The van der Waals surface area contributed by atoms with Gasteiger partial charge in [0.1, 0.15) is 0 Å². The summed E-state index contributed by atoms with van der Waals surface area (Å²) in [6.07, 6.45) is 4.06. The van der Waals surface area contributed by atoms with E-state index in [0.717, 1.165) is 6.54 Å². The van der Waals surface area contributed by atoms with E-state index in [4.69, 9.17) is 0 Å². The van der Waals surface area contributed by atoms with Crippen molar-refractivity contribution >= 4 is 0 Å². The van der Waals surface area contributed by atoms with Crippen LogP contribution >= 0.6 is 0 Å². The van der Waals surface area contributed by atoms with E-state index in [1.807, 2.05) is 0 Å². The normalized spacial score (nSPS) is 34.3. The predicted molar refractivity (Wildman–Crippen MR) is 26.7 cm³/mol. The van der Waals surface area contributed by atoms with Gasteiger partial charge in [-0.1, -0.05) is 0 Å². The Balaban J connectivity index is 2.00. The molecule has 0 aromatic carbocycles. The van der Waals surface area contributed by atoms with Gasteiger partial charge in [-0.2, -0.15) is 5.43 Å². The second-order valence-electron chi connectivity index (χ2n) is 2.52. The molecule has 2 nitrogen and oxygen atoms in total. The molecule has 2 rings (SSSR count). The minimum absolute atomic E-state index is 0.458. The third kappa shape index (κ3) is 0.359. The van der Waals surface area contributed by atoms with E-state index < -0.39 is 0 Å². The summed E-state index contributed by atoms with van der Waals surface area (Å²) in [6.45, 7) is 1.15. The molecule has 1 saturated heterocycles. The maximum atomic E-state index is 4.16. The molecule has 1 radical (unpaired) electrons. The first-order valence-electron chi connectivity index (χ1n) is 2.86. The molecule has 2 fully saturated rings. The minimum atomic E-state index is 0.458. The molecule has 1 heterocycles. The molecule has 2 aliphatic rings. The second kappa shape index (κ2) is 1.01. The highest BCUT2D eigenvalue weighted by Gasteiger charge is 2.43. The van der Waals surface area contributed by atoms with Crippen molar-refractivity contribution in [2.24, 2.45) is 0 Å². The van der Waals surface area contributed by atoms with Gasteiger partial charge in [0.25, 0.3) is 0 Å². The molecule has 0 aromatic heterocycles. The molecule has 7 heavy (non-hydrogen) atoms. The van der Waals surface area contributed by atoms with Crippen LogP contribution in [0.25, 0.3) is 0 Å². The highest BCUT2D eigenvalue weighted by molar-refractivity contribution is 5.01. The molecule has 0 aromatic rings. The van der Waals surface area contributed by atoms with Gasteiger partial charge < -0.3 is 0 Å². The molecule has 1 spiro atoms. The third-order valence-corrected chi connectivity index (χ3v) is 2.01. The van der Waals surface area contributed by atoms with Crippen molar-refractivity contribution in [3.8, 4) is 0 Å². The topological polar surface area (TPSA) is 26.1 Å². The molecular formula is C5H9N2. The molecular weight excluding hydrogens is 88.1 g/mol. The van der Waals surface area contributed by atoms with E-state index in [0.29, 0.717) is 5.54 Å². The standard InChI is InChI=1S/C5H9N2/c1-2-5(3-1)4-6-7-5/h6H,1-4H2. The Hall–Kier alpha value is -0.0800. The average Bonchev–Trinajstić information content (AvgIpc) is 1.20. The Bertz CT molecular complexity index is 66.6. The second-order valence-corrected chi connectivity index (χ2v) is 2.52. The van der Waals surface area contributed by atoms with Crippen molar-refractivity contribution in [1.29, 1.82) is 0 Å². The van der Waals surface area contributed by atoms with Gasteiger partial charge in [0.2, 0.25) is 0 Å². The summed E-state index contributed by atoms with van der Waals surface area (Å²) in [5.74, 6) is 0. The summed E-state index contributed by atoms with van der Waals surface area (Å²) < 4.78 is 0. The summed E-state index contributed by atoms with van der Waals surface area (Å²) in [6, 6.07) is 0. The van der Waals surface area contributed by atoms with Gasteiger partial charge in [-0.3, -0.25) is 0 Å². The highest BCUT2D eigenvalue weighted by Crippen LogP contribution is 2.34. The quantitative estimate of drug-likeness (QED) is 0.453. The van der Waals surface area contributed by atoms with Crippen molar-refractivity contribution in [3.05, 3.63) is 0 Å². The van der Waals surface area contributed by atoms with E-state index in [-0.39, 0.29) is 0 Å². The fourth-order valence-electron chi connectivity index (χ4n) is 1.18. The summed E-state index contributed by atoms with van der Waals surface area (Å²) in [4.78, 5) is 0. The molecule has 0 unspecified atom stereocenters. The Kier molecular flexibility index (Phi) is 0.557. The third-order valence-electron chi connectivity index (χ3n) is 2.01. The van der Waals surface area contributed by atoms with E-state index in [2.05, 4.69) is 10.9 Å². The molecule has 0 bridgehead atoms. The van der Waals surface area contributed by atoms with Crippen LogP contribution in [0.1, 0.15) is 19.3 Å². The van der Waals surface area contributed by atoms with Gasteiger partial charge in [-0.05, 0) is 19.3 Å². The van der Waals surface area contributed by atoms with Gasteiger partial charge >= 0.3 is 0 Å². The van der Waals surface area contributed by atoms with E-state index >= 15 is 0 Å². The lowest BCUT2D eigenvalue weighted by molar-refractivity contribution is 0.0637. The average molecular weight is 97.1 g/mol. The Morgan fingerprint density at radius 3 is 2.14 bits per heavy atom. The summed E-state index contributed by atoms with van der Waals surface area (Å²) >= 11 is 0. The largest absolute Gasteiger partial charge is 0.238 e. The fourth-order valence-corrected chi connectivity index (χ4v) is 1.18. The summed E-state index contributed by atoms with van der Waals surface area (Å²) in [5.41, 5.74) is 7.54. The first-order chi connectivity index (χ1) is 3.41. The molecule has 0 amide bonds. The van der Waals surface area contributed by atoms with Crippen molar-refractivity contribution in [2.75, 3.05) is 6.54 Å². The Labute approximate surface area is 43.3 Å². The van der Waals surface area contributed by atoms with Crippen molar-refractivity contribution < 1.29 is 0 Å². The minimum Gasteiger partial charge on any atom is -0.238 e. The van der Waals surface area contributed by atoms with Crippen molar-refractivity contribution in [3.63, 3.8) is 0 Å². The van der Waals surface area contributed by atoms with Crippen LogP contribution < -0.4 is 10.9 Å². The molecule has 0 atom stereocenters. The van der Waals surface area contributed by atoms with E-state index in [1.54, 1.807) is 0 Å². The number of nitrogens with zero attached hydrogens (tertiary/aromatic N) is 1. The molecule has 1 aliphatic heterocycles. The van der Waals surface area contributed by atoms with Crippen molar-refractivity contribution in [2.45, 2.75) is 24.8 Å². The van der Waals surface area contributed by atoms with Crippen LogP contribution in [-0.4, -0.2) is 12.1 Å². The van der Waals surface area contributed by atoms with Crippen LogP contribution in [0.15, 0.2) is 0 Å². The molecule has 39 valence electrons. The zero-order chi connectivity index (χ0) is 4.74. The van der Waals surface area contributed by atoms with Gasteiger partial charge in [-0.15, -0.1) is 0 Å². The van der Waals surface area contributed by atoms with Crippen LogP contribution in [-0.2, 0) is 0 Å². The molecule has 2 heteroatoms. The highest BCUT2D eigenvalue weighted by atomic mass is 15.5. The lowest BCUT2D eigenvalue weighted by atomic mass is 9.75. The van der Waals surface area contributed by atoms with Gasteiger partial charge in [-0.25, -0.2) is 5.43 Å². The molecule has 1 saturated carbocycles. The van der Waals surface area contributed by atoms with Gasteiger partial charge in [0.05, 0.1) is 5.54 Å². The molecule has 1 N–H and O–H groups in total. The lowest BCUT2D eigenvalue weighted by Crippen LogP contribution is -2.68. The zero-order valence-corrected chi connectivity index (χ0v) is 4.28. The Morgan fingerprint density at radius 1 is 1.43 bits per heavy atom. The summed E-state index contributed by atoms with van der Waals surface area (Å²) in [7, 11) is 0. The summed E-state index contributed by atoms with van der Waals surface area (Å²) in [5, 5.41) is 0. The monoisotopic (exact) mass is 97.1 g/mol. The van der Waals surface area contributed by atoms with Gasteiger partial charge in [0, 0.05) is 6.54 Å². The zero-order valence-electron chi connectivity index (χ0n) is 4.28. The Morgan fingerprint density at radius 2 is 2.14 bits per heavy atom. The lowest BCUT2D eigenvalue weighted by Gasteiger charge is -2.48. The van der Waals surface area contributed by atoms with Crippen LogP contribution in [0.2, 0.25) is 0 Å². The number of rotatable bonds is 0. The first kappa shape index (κ1) is 3.87. The van der Waals surface area contributed by atoms with E-state index in [1.165, 1.54) is 19.3 Å². The number of nitrogens with one attached hydrogen (secondary N) is 1. The number of hydrogen-bond acceptors (Lipinski definition) is 1. The predicted octanol–water partition coefficient (Wildman–Crippen LogP) is 0.0317. The maximum Gasteiger partial charge on any atom is 0.0664 e. The van der Waals surface area contributed by atoms with Crippen LogP contribution in [0.4, 0.5) is 0 Å². The molecule has 1 aliphatic carbocycles. The maximum absolute atomic E-state index is 4.16. The smallest absolute Gasteiger partial charge is 0.0664 e. The SMILES string of the molecule is C1CC2(C1)CN[N]2.